The molecule has 1 aliphatic carbocycles. The van der Waals surface area contributed by atoms with Crippen LogP contribution in [0.4, 0.5) is 0 Å². The van der Waals surface area contributed by atoms with E-state index in [0.717, 1.165) is 17.0 Å². The molecule has 5 nitrogen and oxygen atoms in total. The summed E-state index contributed by atoms with van der Waals surface area (Å²) >= 11 is 0. The zero-order valence-corrected chi connectivity index (χ0v) is 15.2. The highest BCUT2D eigenvalue weighted by molar-refractivity contribution is 5.99. The standard InChI is InChI=1S/C18H29N3O2/c1-12-9-15(13(2)21(12)14-7-8-14)16(22)10-20(6)11-17(23)19-18(3,4)5/h9,14H,7-8,10-11H2,1-6H3,(H,19,23). The number of carbonyl (C=O) groups excluding carboxylic acids is 2. The zero-order valence-electron chi connectivity index (χ0n) is 15.2. The van der Waals surface area contributed by atoms with Gasteiger partial charge in [-0.2, -0.15) is 0 Å². The summed E-state index contributed by atoms with van der Waals surface area (Å²) in [5.41, 5.74) is 2.75. The van der Waals surface area contributed by atoms with Gasteiger partial charge in [-0.1, -0.05) is 0 Å². The predicted octanol–water partition coefficient (Wildman–Crippen LogP) is 2.47. The van der Waals surface area contributed by atoms with Crippen molar-refractivity contribution in [2.75, 3.05) is 20.1 Å². The number of Topliss-reactive ketones (excluding diaryl/α,β-unsaturated/α-hetero) is 1. The van der Waals surface area contributed by atoms with E-state index < -0.39 is 0 Å². The number of nitrogens with one attached hydrogen (secondary N) is 1. The Kier molecular flexibility index (Phi) is 4.99. The van der Waals surface area contributed by atoms with Crippen LogP contribution < -0.4 is 5.32 Å². The van der Waals surface area contributed by atoms with Crippen molar-refractivity contribution in [2.45, 2.75) is 59.0 Å². The molecular formula is C18H29N3O2. The summed E-state index contributed by atoms with van der Waals surface area (Å²) in [5.74, 6) is 0.0207. The van der Waals surface area contributed by atoms with Crippen molar-refractivity contribution < 1.29 is 9.59 Å². The minimum Gasteiger partial charge on any atom is -0.350 e. The van der Waals surface area contributed by atoms with Gasteiger partial charge in [0.05, 0.1) is 13.1 Å². The summed E-state index contributed by atoms with van der Waals surface area (Å²) in [6, 6.07) is 2.56. The van der Waals surface area contributed by atoms with Gasteiger partial charge >= 0.3 is 0 Å². The van der Waals surface area contributed by atoms with E-state index in [9.17, 15) is 9.59 Å². The molecular weight excluding hydrogens is 290 g/mol. The second-order valence-electron chi connectivity index (χ2n) is 7.78. The molecule has 0 bridgehead atoms. The number of aromatic nitrogens is 1. The SMILES string of the molecule is Cc1cc(C(=O)CN(C)CC(=O)NC(C)(C)C)c(C)n1C1CC1. The smallest absolute Gasteiger partial charge is 0.234 e. The van der Waals surface area contributed by atoms with E-state index in [2.05, 4.69) is 16.8 Å². The van der Waals surface area contributed by atoms with E-state index in [1.54, 1.807) is 11.9 Å². The first-order valence-corrected chi connectivity index (χ1v) is 8.29. The number of hydrogen-bond donors (Lipinski definition) is 1. The molecule has 5 heteroatoms. The second kappa shape index (κ2) is 6.48. The Morgan fingerprint density at radius 3 is 2.39 bits per heavy atom. The average molecular weight is 319 g/mol. The van der Waals surface area contributed by atoms with Gasteiger partial charge in [0.2, 0.25) is 5.91 Å². The Balaban J connectivity index is 1.96. The van der Waals surface area contributed by atoms with Gasteiger partial charge in [0.1, 0.15) is 0 Å². The Morgan fingerprint density at radius 1 is 1.26 bits per heavy atom. The maximum atomic E-state index is 12.6. The summed E-state index contributed by atoms with van der Waals surface area (Å²) < 4.78 is 2.28. The molecule has 23 heavy (non-hydrogen) atoms. The van der Waals surface area contributed by atoms with Gasteiger partial charge in [-0.05, 0) is 60.6 Å². The summed E-state index contributed by atoms with van der Waals surface area (Å²) in [6.07, 6.45) is 2.41. The third kappa shape index (κ3) is 4.67. The summed E-state index contributed by atoms with van der Waals surface area (Å²) in [6.45, 7) is 10.4. The quantitative estimate of drug-likeness (QED) is 0.820. The molecule has 0 atom stereocenters. The first-order valence-electron chi connectivity index (χ1n) is 8.29. The third-order valence-electron chi connectivity index (χ3n) is 4.04. The third-order valence-corrected chi connectivity index (χ3v) is 4.04. The lowest BCUT2D eigenvalue weighted by atomic mass is 10.1. The highest BCUT2D eigenvalue weighted by atomic mass is 16.2. The number of aryl methyl sites for hydroxylation is 1. The summed E-state index contributed by atoms with van der Waals surface area (Å²) in [4.78, 5) is 26.3. The van der Waals surface area contributed by atoms with Crippen LogP contribution in [0.2, 0.25) is 0 Å². The second-order valence-corrected chi connectivity index (χ2v) is 7.78. The molecule has 0 spiro atoms. The summed E-state index contributed by atoms with van der Waals surface area (Å²) in [5, 5.41) is 2.91. The van der Waals surface area contributed by atoms with Crippen LogP contribution in [-0.4, -0.2) is 46.8 Å². The van der Waals surface area contributed by atoms with Gasteiger partial charge < -0.3 is 9.88 Å². The first kappa shape index (κ1) is 17.7. The maximum Gasteiger partial charge on any atom is 0.234 e. The van der Waals surface area contributed by atoms with Gasteiger partial charge in [-0.3, -0.25) is 14.5 Å². The number of nitrogens with zero attached hydrogens (tertiary/aromatic N) is 2. The maximum absolute atomic E-state index is 12.6. The van der Waals surface area contributed by atoms with Crippen LogP contribution in [0.1, 0.15) is 61.4 Å². The van der Waals surface area contributed by atoms with Crippen molar-refractivity contribution in [1.82, 2.24) is 14.8 Å². The topological polar surface area (TPSA) is 54.3 Å². The fourth-order valence-electron chi connectivity index (χ4n) is 3.04. The number of amides is 1. The molecule has 1 aromatic rings. The zero-order chi connectivity index (χ0) is 17.4. The van der Waals surface area contributed by atoms with Crippen LogP contribution in [0.3, 0.4) is 0 Å². The van der Waals surface area contributed by atoms with Gasteiger partial charge in [0.25, 0.3) is 0 Å². The molecule has 1 aromatic heterocycles. The van der Waals surface area contributed by atoms with E-state index in [1.807, 2.05) is 33.8 Å². The van der Waals surface area contributed by atoms with Crippen LogP contribution in [0, 0.1) is 13.8 Å². The van der Waals surface area contributed by atoms with Crippen LogP contribution in [0.5, 0.6) is 0 Å². The Labute approximate surface area is 139 Å². The van der Waals surface area contributed by atoms with E-state index in [-0.39, 0.29) is 30.3 Å². The van der Waals surface area contributed by atoms with E-state index in [0.29, 0.717) is 6.04 Å². The molecule has 1 heterocycles. The van der Waals surface area contributed by atoms with Crippen molar-refractivity contribution in [2.24, 2.45) is 0 Å². The van der Waals surface area contributed by atoms with Crippen molar-refractivity contribution >= 4 is 11.7 Å². The number of likely N-dealkylation sites (N-methyl/N-ethyl adjacent to an activating group) is 1. The van der Waals surface area contributed by atoms with E-state index >= 15 is 0 Å². The van der Waals surface area contributed by atoms with Crippen LogP contribution in [-0.2, 0) is 4.79 Å². The van der Waals surface area contributed by atoms with Crippen LogP contribution >= 0.6 is 0 Å². The number of carbonyl (C=O) groups is 2. The molecule has 1 aliphatic rings. The highest BCUT2D eigenvalue weighted by Crippen LogP contribution is 2.38. The Morgan fingerprint density at radius 2 is 1.87 bits per heavy atom. The lowest BCUT2D eigenvalue weighted by Gasteiger charge is -2.23. The van der Waals surface area contributed by atoms with Crippen molar-refractivity contribution in [3.63, 3.8) is 0 Å². The molecule has 1 saturated carbocycles. The van der Waals surface area contributed by atoms with E-state index in [1.165, 1.54) is 12.8 Å². The molecule has 2 rings (SSSR count). The van der Waals surface area contributed by atoms with E-state index in [4.69, 9.17) is 0 Å². The Hall–Kier alpha value is -1.62. The van der Waals surface area contributed by atoms with Crippen molar-refractivity contribution in [3.8, 4) is 0 Å². The lowest BCUT2D eigenvalue weighted by molar-refractivity contribution is -0.123. The lowest BCUT2D eigenvalue weighted by Crippen LogP contribution is -2.45. The van der Waals surface area contributed by atoms with Crippen molar-refractivity contribution in [3.05, 3.63) is 23.0 Å². The normalized spacial score (nSPS) is 15.1. The molecule has 128 valence electrons. The fraction of sp³-hybridized carbons (Fsp3) is 0.667. The van der Waals surface area contributed by atoms with Crippen LogP contribution in [0.15, 0.2) is 6.07 Å². The fourth-order valence-corrected chi connectivity index (χ4v) is 3.04. The molecule has 1 fully saturated rings. The molecule has 0 radical (unpaired) electrons. The monoisotopic (exact) mass is 319 g/mol. The largest absolute Gasteiger partial charge is 0.350 e. The number of hydrogen-bond acceptors (Lipinski definition) is 3. The first-order chi connectivity index (χ1) is 10.6. The van der Waals surface area contributed by atoms with Gasteiger partial charge in [-0.25, -0.2) is 0 Å². The number of rotatable bonds is 6. The highest BCUT2D eigenvalue weighted by Gasteiger charge is 2.28. The predicted molar refractivity (Wildman–Crippen MR) is 91.9 cm³/mol. The molecule has 0 aromatic carbocycles. The van der Waals surface area contributed by atoms with Gasteiger partial charge in [0, 0.05) is 28.5 Å². The molecule has 0 aliphatic heterocycles. The van der Waals surface area contributed by atoms with Crippen molar-refractivity contribution in [1.29, 1.82) is 0 Å². The average Bonchev–Trinajstić information content (AvgIpc) is 3.13. The van der Waals surface area contributed by atoms with Crippen LogP contribution in [0.25, 0.3) is 0 Å². The molecule has 1 N–H and O–H groups in total. The Bertz CT molecular complexity index is 607. The minimum atomic E-state index is -0.253. The molecule has 1 amide bonds. The molecule has 0 saturated heterocycles. The minimum absolute atomic E-state index is 0.0590. The van der Waals surface area contributed by atoms with Gasteiger partial charge in [-0.15, -0.1) is 0 Å². The van der Waals surface area contributed by atoms with Gasteiger partial charge in [0.15, 0.2) is 5.78 Å². The molecule has 0 unspecified atom stereocenters. The summed E-state index contributed by atoms with van der Waals surface area (Å²) in [7, 11) is 1.81. The number of ketones is 1.